The van der Waals surface area contributed by atoms with E-state index in [1.54, 1.807) is 19.9 Å². The van der Waals surface area contributed by atoms with Crippen molar-refractivity contribution < 1.29 is 41.7 Å². The summed E-state index contributed by atoms with van der Waals surface area (Å²) in [5, 5.41) is 14.3. The van der Waals surface area contributed by atoms with Crippen molar-refractivity contribution in [2.75, 3.05) is 20.8 Å². The summed E-state index contributed by atoms with van der Waals surface area (Å²) in [6.45, 7) is 3.46. The lowest BCUT2D eigenvalue weighted by molar-refractivity contribution is -0.267. The molecule has 0 aliphatic carbocycles. The van der Waals surface area contributed by atoms with E-state index in [9.17, 15) is 32.3 Å². The third-order valence-corrected chi connectivity index (χ3v) is 7.29. The Bertz CT molecular complexity index is 1360. The first-order chi connectivity index (χ1) is 18.7. The minimum atomic E-state index is -5.00. The van der Waals surface area contributed by atoms with E-state index in [-0.39, 0.29) is 42.4 Å². The van der Waals surface area contributed by atoms with Crippen LogP contribution in [-0.4, -0.2) is 54.5 Å². The Hall–Kier alpha value is -3.60. The van der Waals surface area contributed by atoms with Crippen LogP contribution in [0.1, 0.15) is 61.1 Å². The second-order valence-electron chi connectivity index (χ2n) is 10.2. The minimum Gasteiger partial charge on any atom is -0.496 e. The molecule has 7 nitrogen and oxygen atoms in total. The molecule has 218 valence electrons. The van der Waals surface area contributed by atoms with Crippen LogP contribution in [0.4, 0.5) is 17.6 Å². The summed E-state index contributed by atoms with van der Waals surface area (Å²) in [5.41, 5.74) is -3.29. The number of aromatic nitrogens is 1. The van der Waals surface area contributed by atoms with Gasteiger partial charge in [0.05, 0.1) is 14.2 Å². The number of esters is 1. The quantitative estimate of drug-likeness (QED) is 0.151. The van der Waals surface area contributed by atoms with Gasteiger partial charge in [0.25, 0.3) is 5.91 Å². The number of fused-ring (bicyclic) bond motifs is 1. The maximum Gasteiger partial charge on any atom is 0.417 e. The number of benzene rings is 2. The minimum absolute atomic E-state index is 0.120. The third-order valence-electron chi connectivity index (χ3n) is 7.29. The zero-order chi connectivity index (χ0) is 29.7. The predicted molar refractivity (Wildman–Crippen MR) is 142 cm³/mol. The van der Waals surface area contributed by atoms with Gasteiger partial charge in [-0.25, -0.2) is 4.39 Å². The van der Waals surface area contributed by atoms with Crippen LogP contribution in [0.2, 0.25) is 0 Å². The molecule has 0 saturated heterocycles. The highest BCUT2D eigenvalue weighted by Gasteiger charge is 2.56. The first-order valence-corrected chi connectivity index (χ1v) is 12.8. The second-order valence-corrected chi connectivity index (χ2v) is 10.2. The zero-order valence-electron chi connectivity index (χ0n) is 22.9. The first-order valence-electron chi connectivity index (χ1n) is 12.8. The van der Waals surface area contributed by atoms with E-state index in [0.717, 1.165) is 12.1 Å². The number of rotatable bonds is 12. The molecule has 1 aromatic heterocycles. The van der Waals surface area contributed by atoms with Gasteiger partial charge in [-0.3, -0.25) is 9.59 Å². The molecule has 2 aromatic carbocycles. The molecule has 0 aliphatic rings. The molecule has 3 aromatic rings. The Morgan fingerprint density at radius 3 is 2.42 bits per heavy atom. The maximum absolute atomic E-state index is 14.4. The number of halogens is 4. The topological polar surface area (TPSA) is 101 Å². The molecule has 11 heteroatoms. The number of H-pyrrole nitrogens is 1. The Kier molecular flexibility index (Phi) is 9.50. The van der Waals surface area contributed by atoms with Gasteiger partial charge in [0.1, 0.15) is 11.6 Å². The third kappa shape index (κ3) is 6.93. The fourth-order valence-corrected chi connectivity index (χ4v) is 4.85. The summed E-state index contributed by atoms with van der Waals surface area (Å²) in [7, 11) is 2.63. The monoisotopic (exact) mass is 566 g/mol. The standard InChI is InChI=1S/C29H34F4N2O5/c1-5-27(2,22-15-20(30)9-11-24(22)39-3)17-28(38,29(31,32)33)16-21-14-19-13-18(8-10-23(19)35-21)26(37)34-12-6-7-25(36)40-4/h8-11,13-15,35,38H,5-7,12,16-17H2,1-4H3,(H,34,37). The van der Waals surface area contributed by atoms with Gasteiger partial charge in [-0.1, -0.05) is 13.8 Å². The van der Waals surface area contributed by atoms with Gasteiger partial charge in [0, 0.05) is 47.1 Å². The summed E-state index contributed by atoms with van der Waals surface area (Å²) in [4.78, 5) is 26.6. The zero-order valence-corrected chi connectivity index (χ0v) is 22.9. The van der Waals surface area contributed by atoms with E-state index >= 15 is 0 Å². The molecule has 0 fully saturated rings. The molecular formula is C29H34F4N2O5. The number of carbonyl (C=O) groups excluding carboxylic acids is 2. The average molecular weight is 567 g/mol. The predicted octanol–water partition coefficient (Wildman–Crippen LogP) is 5.59. The maximum atomic E-state index is 14.4. The van der Waals surface area contributed by atoms with Crippen molar-refractivity contribution in [2.24, 2.45) is 0 Å². The number of nitrogens with one attached hydrogen (secondary N) is 2. The number of aromatic amines is 1. The largest absolute Gasteiger partial charge is 0.496 e. The Labute approximate surface area is 229 Å². The van der Waals surface area contributed by atoms with Crippen molar-refractivity contribution in [3.63, 3.8) is 0 Å². The van der Waals surface area contributed by atoms with Crippen molar-refractivity contribution >= 4 is 22.8 Å². The first kappa shape index (κ1) is 30.9. The van der Waals surface area contributed by atoms with Crippen LogP contribution in [0.3, 0.4) is 0 Å². The molecule has 0 spiro atoms. The van der Waals surface area contributed by atoms with Crippen molar-refractivity contribution in [1.82, 2.24) is 10.3 Å². The van der Waals surface area contributed by atoms with Gasteiger partial charge in [0.2, 0.25) is 0 Å². The molecule has 0 aliphatic heterocycles. The number of hydrogen-bond donors (Lipinski definition) is 3. The van der Waals surface area contributed by atoms with Crippen LogP contribution in [0.5, 0.6) is 5.75 Å². The van der Waals surface area contributed by atoms with E-state index in [0.29, 0.717) is 22.9 Å². The lowest BCUT2D eigenvalue weighted by atomic mass is 9.70. The molecule has 3 N–H and O–H groups in total. The summed E-state index contributed by atoms with van der Waals surface area (Å²) in [6.07, 6.45) is -5.81. The molecule has 40 heavy (non-hydrogen) atoms. The SMILES string of the molecule is CCC(C)(CC(O)(Cc1cc2cc(C(=O)NCCCC(=O)OC)ccc2[nH]1)C(F)(F)F)c1cc(F)ccc1OC. The lowest BCUT2D eigenvalue weighted by Gasteiger charge is -2.40. The lowest BCUT2D eigenvalue weighted by Crippen LogP contribution is -2.51. The van der Waals surface area contributed by atoms with E-state index in [1.165, 1.54) is 38.5 Å². The molecule has 1 amide bonds. The summed E-state index contributed by atoms with van der Waals surface area (Å²) >= 11 is 0. The molecular weight excluding hydrogens is 532 g/mol. The molecule has 3 rings (SSSR count). The van der Waals surface area contributed by atoms with Crippen molar-refractivity contribution in [2.45, 2.75) is 63.1 Å². The van der Waals surface area contributed by atoms with E-state index in [2.05, 4.69) is 15.0 Å². The number of amides is 1. The highest BCUT2D eigenvalue weighted by molar-refractivity contribution is 5.98. The van der Waals surface area contributed by atoms with Crippen LogP contribution >= 0.6 is 0 Å². The van der Waals surface area contributed by atoms with Crippen LogP contribution < -0.4 is 10.1 Å². The number of ether oxygens (including phenoxy) is 2. The number of hydrogen-bond acceptors (Lipinski definition) is 5. The van der Waals surface area contributed by atoms with Gasteiger partial charge in [-0.05, 0) is 67.1 Å². The van der Waals surface area contributed by atoms with Gasteiger partial charge < -0.3 is 24.9 Å². The van der Waals surface area contributed by atoms with E-state index in [4.69, 9.17) is 4.74 Å². The summed E-state index contributed by atoms with van der Waals surface area (Å²) in [5.74, 6) is -1.17. The Balaban J connectivity index is 1.86. The highest BCUT2D eigenvalue weighted by Crippen LogP contribution is 2.47. The Morgan fingerprint density at radius 1 is 1.07 bits per heavy atom. The summed E-state index contributed by atoms with van der Waals surface area (Å²) in [6, 6.07) is 9.76. The fourth-order valence-electron chi connectivity index (χ4n) is 4.85. The van der Waals surface area contributed by atoms with Crippen molar-refractivity contribution in [3.05, 3.63) is 65.1 Å². The normalized spacial score (nSPS) is 14.8. The second kappa shape index (κ2) is 12.3. The van der Waals surface area contributed by atoms with Gasteiger partial charge in [0.15, 0.2) is 5.60 Å². The molecule has 2 unspecified atom stereocenters. The van der Waals surface area contributed by atoms with Crippen molar-refractivity contribution in [1.29, 1.82) is 0 Å². The number of carbonyl (C=O) groups is 2. The Morgan fingerprint density at radius 2 is 1.80 bits per heavy atom. The molecule has 1 heterocycles. The van der Waals surface area contributed by atoms with Crippen LogP contribution in [0, 0.1) is 5.82 Å². The smallest absolute Gasteiger partial charge is 0.417 e. The summed E-state index contributed by atoms with van der Waals surface area (Å²) < 4.78 is 67.2. The number of aliphatic hydroxyl groups is 1. The molecule has 0 saturated carbocycles. The fraction of sp³-hybridized carbons (Fsp3) is 0.448. The van der Waals surface area contributed by atoms with Crippen LogP contribution in [-0.2, 0) is 21.4 Å². The van der Waals surface area contributed by atoms with Gasteiger partial charge in [-0.15, -0.1) is 0 Å². The average Bonchev–Trinajstić information content (AvgIpc) is 3.31. The number of alkyl halides is 3. The molecule has 2 atom stereocenters. The van der Waals surface area contributed by atoms with E-state index in [1.807, 2.05) is 0 Å². The van der Waals surface area contributed by atoms with Crippen LogP contribution in [0.25, 0.3) is 10.9 Å². The highest BCUT2D eigenvalue weighted by atomic mass is 19.4. The van der Waals surface area contributed by atoms with Crippen molar-refractivity contribution in [3.8, 4) is 5.75 Å². The van der Waals surface area contributed by atoms with Crippen LogP contribution in [0.15, 0.2) is 42.5 Å². The number of methoxy groups -OCH3 is 2. The molecule has 0 bridgehead atoms. The van der Waals surface area contributed by atoms with Gasteiger partial charge in [-0.2, -0.15) is 13.2 Å². The van der Waals surface area contributed by atoms with E-state index < -0.39 is 41.8 Å². The van der Waals surface area contributed by atoms with Gasteiger partial charge >= 0.3 is 12.1 Å². The molecule has 0 radical (unpaired) electrons.